The van der Waals surface area contributed by atoms with E-state index in [1.165, 1.54) is 10.7 Å². The van der Waals surface area contributed by atoms with Crippen LogP contribution in [0.2, 0.25) is 0 Å². The summed E-state index contributed by atoms with van der Waals surface area (Å²) in [6.45, 7) is 5.51. The molecule has 1 aromatic carbocycles. The van der Waals surface area contributed by atoms with Crippen molar-refractivity contribution in [2.75, 3.05) is 5.73 Å². The Labute approximate surface area is 108 Å². The number of halogens is 3. The fourth-order valence-electron chi connectivity index (χ4n) is 1.89. The number of rotatable bonds is 1. The first-order valence-electron chi connectivity index (χ1n) is 5.71. The summed E-state index contributed by atoms with van der Waals surface area (Å²) >= 11 is 0. The molecule has 0 atom stereocenters. The van der Waals surface area contributed by atoms with E-state index in [-0.39, 0.29) is 5.69 Å². The van der Waals surface area contributed by atoms with Crippen LogP contribution in [-0.4, -0.2) is 9.78 Å². The number of nitrogens with zero attached hydrogens (tertiary/aromatic N) is 2. The molecular formula is C13H14F3N3. The molecule has 0 unspecified atom stereocenters. The van der Waals surface area contributed by atoms with E-state index in [9.17, 15) is 13.2 Å². The largest absolute Gasteiger partial charge is 0.416 e. The maximum atomic E-state index is 12.8. The van der Waals surface area contributed by atoms with Crippen LogP contribution in [-0.2, 0) is 6.18 Å². The first-order valence-corrected chi connectivity index (χ1v) is 5.71. The second-order valence-corrected chi connectivity index (χ2v) is 4.52. The predicted molar refractivity (Wildman–Crippen MR) is 67.2 cm³/mol. The number of nitrogen functional groups attached to an aromatic ring is 1. The van der Waals surface area contributed by atoms with Crippen LogP contribution in [0.25, 0.3) is 5.69 Å². The van der Waals surface area contributed by atoms with Gasteiger partial charge in [-0.15, -0.1) is 0 Å². The Hall–Kier alpha value is -1.98. The van der Waals surface area contributed by atoms with Crippen molar-refractivity contribution < 1.29 is 13.2 Å². The number of hydrogen-bond acceptors (Lipinski definition) is 2. The van der Waals surface area contributed by atoms with Gasteiger partial charge in [-0.3, -0.25) is 0 Å². The Morgan fingerprint density at radius 2 is 1.74 bits per heavy atom. The van der Waals surface area contributed by atoms with Crippen molar-refractivity contribution in [3.05, 3.63) is 40.7 Å². The number of benzene rings is 1. The molecule has 0 saturated heterocycles. The van der Waals surface area contributed by atoms with Gasteiger partial charge in [-0.1, -0.05) is 0 Å². The van der Waals surface area contributed by atoms with E-state index < -0.39 is 11.7 Å². The summed E-state index contributed by atoms with van der Waals surface area (Å²) in [6, 6.07) is 3.45. The molecule has 0 spiro atoms. The molecule has 0 fully saturated rings. The molecule has 0 saturated carbocycles. The molecule has 0 bridgehead atoms. The summed E-state index contributed by atoms with van der Waals surface area (Å²) < 4.78 is 39.8. The van der Waals surface area contributed by atoms with Crippen LogP contribution < -0.4 is 5.73 Å². The van der Waals surface area contributed by atoms with Gasteiger partial charge in [0.1, 0.15) is 0 Å². The molecule has 3 nitrogen and oxygen atoms in total. The Morgan fingerprint density at radius 1 is 1.11 bits per heavy atom. The standard InChI is InChI=1S/C13H14F3N3/c1-7-8(2)18-19(9(7)3)12-5-10(13(14,15)16)4-11(17)6-12/h4-6H,17H2,1-3H3. The van der Waals surface area contributed by atoms with E-state index in [4.69, 9.17) is 5.73 Å². The van der Waals surface area contributed by atoms with Gasteiger partial charge in [-0.05, 0) is 44.5 Å². The minimum Gasteiger partial charge on any atom is -0.399 e. The van der Waals surface area contributed by atoms with Crippen LogP contribution >= 0.6 is 0 Å². The van der Waals surface area contributed by atoms with Crippen LogP contribution in [0.3, 0.4) is 0 Å². The van der Waals surface area contributed by atoms with Gasteiger partial charge in [0.05, 0.1) is 16.9 Å². The molecule has 19 heavy (non-hydrogen) atoms. The zero-order chi connectivity index (χ0) is 14.4. The number of anilines is 1. The summed E-state index contributed by atoms with van der Waals surface area (Å²) in [7, 11) is 0. The van der Waals surface area contributed by atoms with Gasteiger partial charge in [-0.25, -0.2) is 4.68 Å². The molecule has 0 aliphatic rings. The lowest BCUT2D eigenvalue weighted by atomic mass is 10.1. The lowest BCUT2D eigenvalue weighted by Gasteiger charge is -2.11. The van der Waals surface area contributed by atoms with Crippen LogP contribution in [0, 0.1) is 20.8 Å². The quantitative estimate of drug-likeness (QED) is 0.806. The van der Waals surface area contributed by atoms with E-state index in [1.54, 1.807) is 0 Å². The summed E-state index contributed by atoms with van der Waals surface area (Å²) in [6.07, 6.45) is -4.42. The lowest BCUT2D eigenvalue weighted by Crippen LogP contribution is -2.08. The van der Waals surface area contributed by atoms with Crippen LogP contribution in [0.5, 0.6) is 0 Å². The third kappa shape index (κ3) is 2.43. The van der Waals surface area contributed by atoms with E-state index in [1.807, 2.05) is 20.8 Å². The molecule has 2 aromatic rings. The third-order valence-electron chi connectivity index (χ3n) is 3.17. The minimum atomic E-state index is -4.42. The summed E-state index contributed by atoms with van der Waals surface area (Å²) in [5, 5.41) is 4.24. The zero-order valence-corrected chi connectivity index (χ0v) is 10.8. The number of hydrogen-bond donors (Lipinski definition) is 1. The number of nitrogens with two attached hydrogens (primary N) is 1. The second kappa shape index (κ2) is 4.29. The Kier molecular flexibility index (Phi) is 3.04. The smallest absolute Gasteiger partial charge is 0.399 e. The third-order valence-corrected chi connectivity index (χ3v) is 3.17. The van der Waals surface area contributed by atoms with E-state index in [0.29, 0.717) is 5.69 Å². The fourth-order valence-corrected chi connectivity index (χ4v) is 1.89. The summed E-state index contributed by atoms with van der Waals surface area (Å²) in [4.78, 5) is 0. The highest BCUT2D eigenvalue weighted by atomic mass is 19.4. The SMILES string of the molecule is Cc1nn(-c2cc(N)cc(C(F)(F)F)c2)c(C)c1C. The van der Waals surface area contributed by atoms with Crippen LogP contribution in [0.15, 0.2) is 18.2 Å². The van der Waals surface area contributed by atoms with Gasteiger partial charge >= 0.3 is 6.18 Å². The molecule has 2 N–H and O–H groups in total. The Balaban J connectivity index is 2.63. The number of alkyl halides is 3. The van der Waals surface area contributed by atoms with Crippen molar-refractivity contribution >= 4 is 5.69 Å². The van der Waals surface area contributed by atoms with Crippen molar-refractivity contribution in [3.8, 4) is 5.69 Å². The Morgan fingerprint density at radius 3 is 2.21 bits per heavy atom. The van der Waals surface area contributed by atoms with E-state index in [2.05, 4.69) is 5.10 Å². The van der Waals surface area contributed by atoms with Gasteiger partial charge in [0, 0.05) is 11.4 Å². The highest BCUT2D eigenvalue weighted by molar-refractivity contribution is 5.52. The highest BCUT2D eigenvalue weighted by Gasteiger charge is 2.31. The maximum Gasteiger partial charge on any atom is 0.416 e. The first kappa shape index (κ1) is 13.5. The molecule has 0 amide bonds. The average Bonchev–Trinajstić information content (AvgIpc) is 2.55. The lowest BCUT2D eigenvalue weighted by molar-refractivity contribution is -0.137. The van der Waals surface area contributed by atoms with Crippen LogP contribution in [0.1, 0.15) is 22.5 Å². The van der Waals surface area contributed by atoms with Crippen molar-refractivity contribution in [2.45, 2.75) is 26.9 Å². The second-order valence-electron chi connectivity index (χ2n) is 4.52. The average molecular weight is 269 g/mol. The molecule has 0 aliphatic heterocycles. The first-order chi connectivity index (χ1) is 8.70. The molecule has 1 heterocycles. The molecule has 102 valence electrons. The van der Waals surface area contributed by atoms with Crippen molar-refractivity contribution in [2.24, 2.45) is 0 Å². The number of aryl methyl sites for hydroxylation is 1. The van der Waals surface area contributed by atoms with E-state index in [0.717, 1.165) is 29.1 Å². The van der Waals surface area contributed by atoms with Crippen LogP contribution in [0.4, 0.5) is 18.9 Å². The normalized spacial score (nSPS) is 11.9. The van der Waals surface area contributed by atoms with Gasteiger partial charge in [-0.2, -0.15) is 18.3 Å². The van der Waals surface area contributed by atoms with Gasteiger partial charge in [0.15, 0.2) is 0 Å². The molecule has 2 rings (SSSR count). The summed E-state index contributed by atoms with van der Waals surface area (Å²) in [5.41, 5.74) is 7.70. The number of aromatic nitrogens is 2. The highest BCUT2D eigenvalue weighted by Crippen LogP contribution is 2.32. The van der Waals surface area contributed by atoms with Gasteiger partial charge in [0.2, 0.25) is 0 Å². The van der Waals surface area contributed by atoms with Gasteiger partial charge < -0.3 is 5.73 Å². The Bertz CT molecular complexity index is 627. The maximum absolute atomic E-state index is 12.8. The molecule has 0 aliphatic carbocycles. The topological polar surface area (TPSA) is 43.8 Å². The van der Waals surface area contributed by atoms with Crippen molar-refractivity contribution in [3.63, 3.8) is 0 Å². The molecule has 6 heteroatoms. The van der Waals surface area contributed by atoms with Gasteiger partial charge in [0.25, 0.3) is 0 Å². The zero-order valence-electron chi connectivity index (χ0n) is 10.8. The summed E-state index contributed by atoms with van der Waals surface area (Å²) in [5.74, 6) is 0. The monoisotopic (exact) mass is 269 g/mol. The molecular weight excluding hydrogens is 255 g/mol. The molecule has 1 aromatic heterocycles. The molecule has 0 radical (unpaired) electrons. The minimum absolute atomic E-state index is 0.0648. The van der Waals surface area contributed by atoms with Crippen molar-refractivity contribution in [1.82, 2.24) is 9.78 Å². The van der Waals surface area contributed by atoms with Crippen molar-refractivity contribution in [1.29, 1.82) is 0 Å². The van der Waals surface area contributed by atoms with E-state index >= 15 is 0 Å². The fraction of sp³-hybridized carbons (Fsp3) is 0.308. The predicted octanol–water partition coefficient (Wildman–Crippen LogP) is 3.40.